The molecule has 1 N–H and O–H groups in total. The Bertz CT molecular complexity index is 1040. The highest BCUT2D eigenvalue weighted by atomic mass is 19.1. The Morgan fingerprint density at radius 2 is 1.54 bits per heavy atom. The fraction of sp³-hybridized carbons (Fsp3) is 0.581. The van der Waals surface area contributed by atoms with Crippen LogP contribution in [-0.2, 0) is 6.54 Å². The lowest BCUT2D eigenvalue weighted by molar-refractivity contribution is -0.550. The fourth-order valence-electron chi connectivity index (χ4n) is 5.46. The van der Waals surface area contributed by atoms with Crippen LogP contribution in [-0.4, -0.2) is 42.8 Å². The van der Waals surface area contributed by atoms with Crippen molar-refractivity contribution in [2.75, 3.05) is 27.4 Å². The van der Waals surface area contributed by atoms with E-state index in [-0.39, 0.29) is 19.1 Å². The first-order valence-electron chi connectivity index (χ1n) is 13.9. The van der Waals surface area contributed by atoms with E-state index in [1.54, 1.807) is 14.2 Å². The lowest BCUT2D eigenvalue weighted by Crippen LogP contribution is -2.33. The molecule has 1 atom stereocenters. The zero-order valence-corrected chi connectivity index (χ0v) is 22.8. The van der Waals surface area contributed by atoms with E-state index in [9.17, 15) is 13.9 Å². The molecule has 0 aliphatic carbocycles. The summed E-state index contributed by atoms with van der Waals surface area (Å²) in [5.74, 6) is 0.514. The van der Waals surface area contributed by atoms with Gasteiger partial charge in [-0.2, -0.15) is 0 Å². The summed E-state index contributed by atoms with van der Waals surface area (Å²) in [6.07, 6.45) is 12.6. The maximum Gasteiger partial charge on any atom is 0.184 e. The predicted molar refractivity (Wildman–Crippen MR) is 145 cm³/mol. The third-order valence-electron chi connectivity index (χ3n) is 7.49. The minimum atomic E-state index is -0.437. The number of hydrogen-bond donors (Lipinski definition) is 1. The van der Waals surface area contributed by atoms with E-state index in [0.29, 0.717) is 30.0 Å². The molecular formula is C31H44F2NO3+. The minimum absolute atomic E-state index is 0.0447. The number of aliphatic hydroxyl groups is 1. The van der Waals surface area contributed by atoms with Gasteiger partial charge in [-0.05, 0) is 48.7 Å². The largest absolute Gasteiger partial charge is 0.493 e. The molecule has 0 amide bonds. The van der Waals surface area contributed by atoms with Crippen molar-refractivity contribution in [3.63, 3.8) is 0 Å². The summed E-state index contributed by atoms with van der Waals surface area (Å²) in [6, 6.07) is 7.67. The van der Waals surface area contributed by atoms with Crippen LogP contribution in [0.15, 0.2) is 30.3 Å². The first kappa shape index (κ1) is 29.1. The number of unbranched alkanes of at least 4 members (excludes halogenated alkanes) is 8. The van der Waals surface area contributed by atoms with E-state index in [1.165, 1.54) is 57.1 Å². The van der Waals surface area contributed by atoms with E-state index in [4.69, 9.17) is 9.47 Å². The number of methoxy groups -OCH3 is 2. The maximum absolute atomic E-state index is 14.6. The molecule has 1 aliphatic heterocycles. The molecule has 0 saturated carbocycles. The van der Waals surface area contributed by atoms with E-state index in [0.717, 1.165) is 42.2 Å². The number of nitrogens with zero attached hydrogens (tertiary/aromatic N) is 1. The van der Waals surface area contributed by atoms with E-state index in [1.807, 2.05) is 12.1 Å². The van der Waals surface area contributed by atoms with Crippen LogP contribution in [0.3, 0.4) is 0 Å². The fourth-order valence-corrected chi connectivity index (χ4v) is 5.46. The van der Waals surface area contributed by atoms with Crippen LogP contribution in [0.4, 0.5) is 8.78 Å². The maximum atomic E-state index is 14.6. The quantitative estimate of drug-likeness (QED) is 0.187. The molecule has 0 saturated heterocycles. The van der Waals surface area contributed by atoms with Crippen LogP contribution in [0.2, 0.25) is 0 Å². The summed E-state index contributed by atoms with van der Waals surface area (Å²) in [5.41, 5.74) is 3.64. The number of fused-ring (bicyclic) bond motifs is 1. The standard InChI is InChI=1S/C31H44F2NO3/c1-4-5-6-7-8-9-10-11-12-13-29-27-20-31(37-3)30(36-2)19-26(27)23(16-17-35)21-34(29)22-24-18-25(32)14-15-28(24)33/h14-15,18-20,23,35H,4-13,16-17,21-22H2,1-3H3/q+1. The van der Waals surface area contributed by atoms with Gasteiger partial charge >= 0.3 is 0 Å². The van der Waals surface area contributed by atoms with Gasteiger partial charge in [0.25, 0.3) is 0 Å². The summed E-state index contributed by atoms with van der Waals surface area (Å²) in [6.45, 7) is 3.21. The van der Waals surface area contributed by atoms with Crippen LogP contribution in [0.25, 0.3) is 0 Å². The first-order valence-corrected chi connectivity index (χ1v) is 13.9. The Balaban J connectivity index is 1.87. The lowest BCUT2D eigenvalue weighted by Gasteiger charge is -2.27. The summed E-state index contributed by atoms with van der Waals surface area (Å²) in [4.78, 5) is 0. The van der Waals surface area contributed by atoms with Gasteiger partial charge in [-0.3, -0.25) is 0 Å². The number of aliphatic hydroxyl groups excluding tert-OH is 1. The van der Waals surface area contributed by atoms with Crippen molar-refractivity contribution in [2.45, 2.75) is 90.0 Å². The smallest absolute Gasteiger partial charge is 0.184 e. The van der Waals surface area contributed by atoms with Crippen molar-refractivity contribution in [1.82, 2.24) is 0 Å². The molecule has 0 aromatic heterocycles. The normalized spacial score (nSPS) is 15.1. The Hall–Kier alpha value is -2.47. The number of hydrogen-bond acceptors (Lipinski definition) is 3. The predicted octanol–water partition coefficient (Wildman–Crippen LogP) is 7.38. The van der Waals surface area contributed by atoms with Crippen LogP contribution < -0.4 is 9.47 Å². The van der Waals surface area contributed by atoms with Gasteiger partial charge in [-0.15, -0.1) is 0 Å². The SMILES string of the molecule is CCCCCCCCCCCC1=[N+](Cc2cc(F)ccc2F)CC(CCO)c2cc(OC)c(OC)cc21. The third kappa shape index (κ3) is 8.00. The molecule has 0 radical (unpaired) electrons. The Morgan fingerprint density at radius 3 is 2.19 bits per heavy atom. The van der Waals surface area contributed by atoms with Crippen molar-refractivity contribution < 1.29 is 27.9 Å². The molecule has 2 aromatic rings. The second-order valence-electron chi connectivity index (χ2n) is 10.1. The van der Waals surface area contributed by atoms with Gasteiger partial charge in [0.1, 0.15) is 18.2 Å². The molecule has 37 heavy (non-hydrogen) atoms. The molecule has 1 heterocycles. The minimum Gasteiger partial charge on any atom is -0.493 e. The van der Waals surface area contributed by atoms with Gasteiger partial charge in [0.2, 0.25) is 0 Å². The highest BCUT2D eigenvalue weighted by molar-refractivity contribution is 5.99. The van der Waals surface area contributed by atoms with Gasteiger partial charge in [-0.25, -0.2) is 13.4 Å². The van der Waals surface area contributed by atoms with Crippen LogP contribution >= 0.6 is 0 Å². The average Bonchev–Trinajstić information content (AvgIpc) is 2.90. The Kier molecular flexibility index (Phi) is 11.8. The molecule has 1 unspecified atom stereocenters. The molecular weight excluding hydrogens is 472 g/mol. The van der Waals surface area contributed by atoms with Gasteiger partial charge in [0.05, 0.1) is 19.8 Å². The van der Waals surface area contributed by atoms with Gasteiger partial charge in [0, 0.05) is 24.5 Å². The second kappa shape index (κ2) is 15.1. The van der Waals surface area contributed by atoms with Crippen LogP contribution in [0.5, 0.6) is 11.5 Å². The summed E-state index contributed by atoms with van der Waals surface area (Å²) < 4.78 is 42.0. The molecule has 4 nitrogen and oxygen atoms in total. The zero-order chi connectivity index (χ0) is 26.6. The first-order chi connectivity index (χ1) is 18.0. The topological polar surface area (TPSA) is 41.7 Å². The zero-order valence-electron chi connectivity index (χ0n) is 22.8. The van der Waals surface area contributed by atoms with Gasteiger partial charge < -0.3 is 14.6 Å². The molecule has 0 spiro atoms. The number of rotatable bonds is 16. The average molecular weight is 517 g/mol. The van der Waals surface area contributed by atoms with Crippen LogP contribution in [0, 0.1) is 11.6 Å². The number of benzene rings is 2. The summed E-state index contributed by atoms with van der Waals surface area (Å²) >= 11 is 0. The molecule has 0 bridgehead atoms. The van der Waals surface area contributed by atoms with Crippen molar-refractivity contribution in [1.29, 1.82) is 0 Å². The molecule has 2 aromatic carbocycles. The second-order valence-corrected chi connectivity index (χ2v) is 10.1. The van der Waals surface area contributed by atoms with Crippen molar-refractivity contribution >= 4 is 5.71 Å². The van der Waals surface area contributed by atoms with Crippen molar-refractivity contribution in [3.05, 3.63) is 58.7 Å². The van der Waals surface area contributed by atoms with Crippen molar-refractivity contribution in [3.8, 4) is 11.5 Å². The van der Waals surface area contributed by atoms with Crippen LogP contribution in [0.1, 0.15) is 100 Å². The molecule has 204 valence electrons. The Morgan fingerprint density at radius 1 is 0.892 bits per heavy atom. The monoisotopic (exact) mass is 516 g/mol. The lowest BCUT2D eigenvalue weighted by atomic mass is 9.84. The summed E-state index contributed by atoms with van der Waals surface area (Å²) in [5, 5.41) is 9.79. The summed E-state index contributed by atoms with van der Waals surface area (Å²) in [7, 11) is 3.25. The number of ether oxygens (including phenoxy) is 2. The van der Waals surface area contributed by atoms with Gasteiger partial charge in [-0.1, -0.05) is 58.3 Å². The Labute approximate surface area is 221 Å². The molecule has 1 aliphatic rings. The molecule has 0 fully saturated rings. The van der Waals surface area contributed by atoms with E-state index >= 15 is 0 Å². The highest BCUT2D eigenvalue weighted by Crippen LogP contribution is 2.38. The van der Waals surface area contributed by atoms with Crippen molar-refractivity contribution in [2.24, 2.45) is 0 Å². The molecule has 3 rings (SSSR count). The molecule has 6 heteroatoms. The van der Waals surface area contributed by atoms with Gasteiger partial charge in [0.15, 0.2) is 23.8 Å². The van der Waals surface area contributed by atoms with E-state index < -0.39 is 11.6 Å². The third-order valence-corrected chi connectivity index (χ3v) is 7.49. The highest BCUT2D eigenvalue weighted by Gasteiger charge is 2.34. The van der Waals surface area contributed by atoms with E-state index in [2.05, 4.69) is 11.5 Å². The number of halogens is 2.